The van der Waals surface area contributed by atoms with Crippen LogP contribution in [0.4, 0.5) is 5.69 Å². The van der Waals surface area contributed by atoms with E-state index in [1.54, 1.807) is 19.1 Å². The highest BCUT2D eigenvalue weighted by atomic mass is 16.5. The molecule has 0 bridgehead atoms. The van der Waals surface area contributed by atoms with Crippen molar-refractivity contribution in [2.45, 2.75) is 26.9 Å². The third kappa shape index (κ3) is 3.88. The first-order valence-corrected chi connectivity index (χ1v) is 8.39. The number of ether oxygens (including phenoxy) is 1. The number of para-hydroxylation sites is 1. The van der Waals surface area contributed by atoms with Crippen LogP contribution in [-0.2, 0) is 9.53 Å². The van der Waals surface area contributed by atoms with Crippen LogP contribution in [0.25, 0.3) is 10.9 Å². The van der Waals surface area contributed by atoms with Gasteiger partial charge in [-0.1, -0.05) is 30.3 Å². The van der Waals surface area contributed by atoms with E-state index in [1.165, 1.54) is 0 Å². The number of aromatic nitrogens is 1. The lowest BCUT2D eigenvalue weighted by Gasteiger charge is -2.15. The molecular formula is C21H20N2O3. The van der Waals surface area contributed by atoms with Crippen LogP contribution in [0, 0.1) is 13.8 Å². The number of esters is 1. The van der Waals surface area contributed by atoms with E-state index in [4.69, 9.17) is 4.74 Å². The number of carbonyl (C=O) groups excluding carboxylic acids is 2. The van der Waals surface area contributed by atoms with Gasteiger partial charge in [-0.15, -0.1) is 0 Å². The first kappa shape index (κ1) is 17.6. The zero-order valence-corrected chi connectivity index (χ0v) is 14.9. The smallest absolute Gasteiger partial charge is 0.339 e. The van der Waals surface area contributed by atoms with E-state index in [0.717, 1.165) is 11.1 Å². The van der Waals surface area contributed by atoms with Crippen LogP contribution in [0.2, 0.25) is 0 Å². The minimum Gasteiger partial charge on any atom is -0.449 e. The summed E-state index contributed by atoms with van der Waals surface area (Å²) in [5.41, 5.74) is 3.54. The molecule has 5 heteroatoms. The number of hydrogen-bond donors (Lipinski definition) is 1. The Balaban J connectivity index is 1.76. The topological polar surface area (TPSA) is 68.3 Å². The second-order valence-corrected chi connectivity index (χ2v) is 6.23. The first-order chi connectivity index (χ1) is 12.4. The standard InChI is InChI=1S/C21H20N2O3/c1-13-7-6-8-16(11-13)23-20(24)15(3)26-21(25)18-12-14(2)22-19-10-5-4-9-17(18)19/h4-12,15H,1-3H3,(H,23,24)/t15-/m1/s1. The first-order valence-electron chi connectivity index (χ1n) is 8.39. The van der Waals surface area contributed by atoms with E-state index in [1.807, 2.05) is 56.3 Å². The monoisotopic (exact) mass is 348 g/mol. The van der Waals surface area contributed by atoms with Crippen molar-refractivity contribution in [2.75, 3.05) is 5.32 Å². The Kier molecular flexibility index (Phi) is 4.98. The molecule has 0 radical (unpaired) electrons. The highest BCUT2D eigenvalue weighted by molar-refractivity contribution is 6.05. The van der Waals surface area contributed by atoms with E-state index < -0.39 is 12.1 Å². The molecule has 5 nitrogen and oxygen atoms in total. The number of fused-ring (bicyclic) bond motifs is 1. The molecule has 0 aliphatic heterocycles. The molecule has 132 valence electrons. The van der Waals surface area contributed by atoms with Crippen LogP contribution < -0.4 is 5.32 Å². The minimum absolute atomic E-state index is 0.376. The Hall–Kier alpha value is -3.21. The summed E-state index contributed by atoms with van der Waals surface area (Å²) in [6.45, 7) is 5.31. The van der Waals surface area contributed by atoms with Crippen LogP contribution in [0.5, 0.6) is 0 Å². The normalized spacial score (nSPS) is 11.8. The molecule has 3 aromatic rings. The number of aryl methyl sites for hydroxylation is 2. The predicted molar refractivity (Wildman–Crippen MR) is 101 cm³/mol. The molecule has 2 aromatic carbocycles. The molecule has 1 aromatic heterocycles. The molecule has 0 aliphatic carbocycles. The maximum absolute atomic E-state index is 12.6. The van der Waals surface area contributed by atoms with Crippen molar-refractivity contribution >= 4 is 28.5 Å². The fourth-order valence-corrected chi connectivity index (χ4v) is 2.72. The summed E-state index contributed by atoms with van der Waals surface area (Å²) in [4.78, 5) is 29.3. The minimum atomic E-state index is -0.921. The van der Waals surface area contributed by atoms with Crippen LogP contribution in [0.1, 0.15) is 28.5 Å². The number of anilines is 1. The van der Waals surface area contributed by atoms with E-state index in [-0.39, 0.29) is 5.91 Å². The van der Waals surface area contributed by atoms with E-state index in [0.29, 0.717) is 22.3 Å². The number of hydrogen-bond acceptors (Lipinski definition) is 4. The van der Waals surface area contributed by atoms with E-state index >= 15 is 0 Å². The van der Waals surface area contributed by atoms with Crippen molar-refractivity contribution < 1.29 is 14.3 Å². The average Bonchev–Trinajstić information content (AvgIpc) is 2.60. The third-order valence-electron chi connectivity index (χ3n) is 4.00. The molecule has 0 saturated heterocycles. The summed E-state index contributed by atoms with van der Waals surface area (Å²) >= 11 is 0. The molecule has 3 rings (SSSR count). The fraction of sp³-hybridized carbons (Fsp3) is 0.190. The molecule has 0 unspecified atom stereocenters. The number of carbonyl (C=O) groups is 2. The lowest BCUT2D eigenvalue weighted by Crippen LogP contribution is -2.30. The zero-order chi connectivity index (χ0) is 18.7. The predicted octanol–water partition coefficient (Wildman–Crippen LogP) is 4.04. The van der Waals surface area contributed by atoms with Gasteiger partial charge < -0.3 is 10.1 Å². The second-order valence-electron chi connectivity index (χ2n) is 6.23. The molecule has 0 spiro atoms. The van der Waals surface area contributed by atoms with Crippen molar-refractivity contribution in [1.82, 2.24) is 4.98 Å². The van der Waals surface area contributed by atoms with Gasteiger partial charge in [0.1, 0.15) is 0 Å². The van der Waals surface area contributed by atoms with Crippen molar-refractivity contribution in [2.24, 2.45) is 0 Å². The zero-order valence-electron chi connectivity index (χ0n) is 14.9. The van der Waals surface area contributed by atoms with Crippen molar-refractivity contribution in [3.05, 3.63) is 71.4 Å². The number of nitrogens with one attached hydrogen (secondary N) is 1. The van der Waals surface area contributed by atoms with E-state index in [9.17, 15) is 9.59 Å². The molecule has 1 amide bonds. The van der Waals surface area contributed by atoms with Gasteiger partial charge in [-0.05, 0) is 50.6 Å². The Morgan fingerprint density at radius 3 is 2.58 bits per heavy atom. The largest absolute Gasteiger partial charge is 0.449 e. The Morgan fingerprint density at radius 1 is 1.04 bits per heavy atom. The number of nitrogens with zero attached hydrogens (tertiary/aromatic N) is 1. The van der Waals surface area contributed by atoms with Gasteiger partial charge in [-0.2, -0.15) is 0 Å². The molecule has 0 fully saturated rings. The number of benzene rings is 2. The average molecular weight is 348 g/mol. The maximum atomic E-state index is 12.6. The summed E-state index contributed by atoms with van der Waals surface area (Å²) in [5.74, 6) is -0.919. The molecule has 1 atom stereocenters. The van der Waals surface area contributed by atoms with Crippen LogP contribution in [0.15, 0.2) is 54.6 Å². The Bertz CT molecular complexity index is 982. The third-order valence-corrected chi connectivity index (χ3v) is 4.00. The summed E-state index contributed by atoms with van der Waals surface area (Å²) in [5, 5.41) is 3.46. The van der Waals surface area contributed by atoms with Crippen LogP contribution in [0.3, 0.4) is 0 Å². The van der Waals surface area contributed by atoms with Gasteiger partial charge in [0.15, 0.2) is 6.10 Å². The van der Waals surface area contributed by atoms with Gasteiger partial charge in [0.05, 0.1) is 11.1 Å². The molecule has 1 heterocycles. The maximum Gasteiger partial charge on any atom is 0.339 e. The second kappa shape index (κ2) is 7.35. The van der Waals surface area contributed by atoms with Gasteiger partial charge in [-0.25, -0.2) is 4.79 Å². The van der Waals surface area contributed by atoms with Crippen molar-refractivity contribution in [3.63, 3.8) is 0 Å². The van der Waals surface area contributed by atoms with Crippen LogP contribution >= 0.6 is 0 Å². The molecular weight excluding hydrogens is 328 g/mol. The number of rotatable bonds is 4. The van der Waals surface area contributed by atoms with E-state index in [2.05, 4.69) is 10.3 Å². The number of pyridine rings is 1. The molecule has 1 N–H and O–H groups in total. The van der Waals surface area contributed by atoms with Gasteiger partial charge in [0.2, 0.25) is 0 Å². The Morgan fingerprint density at radius 2 is 1.81 bits per heavy atom. The summed E-state index contributed by atoms with van der Waals surface area (Å²) < 4.78 is 5.39. The fourth-order valence-electron chi connectivity index (χ4n) is 2.72. The van der Waals surface area contributed by atoms with Crippen molar-refractivity contribution in [1.29, 1.82) is 0 Å². The Labute approximate surface area is 152 Å². The van der Waals surface area contributed by atoms with Crippen molar-refractivity contribution in [3.8, 4) is 0 Å². The highest BCUT2D eigenvalue weighted by Gasteiger charge is 2.21. The lowest BCUT2D eigenvalue weighted by molar-refractivity contribution is -0.123. The molecule has 26 heavy (non-hydrogen) atoms. The molecule has 0 saturated carbocycles. The van der Waals surface area contributed by atoms with Gasteiger partial charge in [0, 0.05) is 16.8 Å². The SMILES string of the molecule is Cc1cccc(NC(=O)[C@@H](C)OC(=O)c2cc(C)nc3ccccc23)c1. The van der Waals surface area contributed by atoms with Gasteiger partial charge >= 0.3 is 5.97 Å². The highest BCUT2D eigenvalue weighted by Crippen LogP contribution is 2.20. The quantitative estimate of drug-likeness (QED) is 0.723. The summed E-state index contributed by atoms with van der Waals surface area (Å²) in [6, 6.07) is 16.5. The summed E-state index contributed by atoms with van der Waals surface area (Å²) in [7, 11) is 0. The van der Waals surface area contributed by atoms with Gasteiger partial charge in [0.25, 0.3) is 5.91 Å². The lowest BCUT2D eigenvalue weighted by atomic mass is 10.1. The molecule has 0 aliphatic rings. The van der Waals surface area contributed by atoms with Crippen LogP contribution in [-0.4, -0.2) is 23.0 Å². The summed E-state index contributed by atoms with van der Waals surface area (Å²) in [6.07, 6.45) is -0.921. The van der Waals surface area contributed by atoms with Gasteiger partial charge in [-0.3, -0.25) is 9.78 Å². The number of amides is 1.